The number of amides is 1. The summed E-state index contributed by atoms with van der Waals surface area (Å²) >= 11 is 0. The summed E-state index contributed by atoms with van der Waals surface area (Å²) in [5, 5.41) is 4.07. The van der Waals surface area contributed by atoms with Crippen LogP contribution in [0.15, 0.2) is 59.8 Å². The second-order valence-electron chi connectivity index (χ2n) is 6.42. The van der Waals surface area contributed by atoms with Gasteiger partial charge in [0.25, 0.3) is 5.91 Å². The average molecular weight is 320 g/mol. The Kier molecular flexibility index (Phi) is 3.81. The number of carbonyl (C=O) groups excluding carboxylic acids is 1. The van der Waals surface area contributed by atoms with Crippen molar-refractivity contribution in [1.29, 1.82) is 0 Å². The second-order valence-corrected chi connectivity index (χ2v) is 6.42. The molecule has 1 amide bonds. The Balaban J connectivity index is 1.47. The first-order valence-electron chi connectivity index (χ1n) is 8.36. The van der Waals surface area contributed by atoms with Crippen LogP contribution in [0.1, 0.15) is 41.7 Å². The summed E-state index contributed by atoms with van der Waals surface area (Å²) in [6.07, 6.45) is 2.36. The lowest BCUT2D eigenvalue weighted by Gasteiger charge is -2.25. The van der Waals surface area contributed by atoms with Crippen molar-refractivity contribution in [3.63, 3.8) is 0 Å². The topological polar surface area (TPSA) is 41.9 Å². The van der Waals surface area contributed by atoms with Gasteiger partial charge in [0.15, 0.2) is 6.10 Å². The van der Waals surface area contributed by atoms with E-state index in [-0.39, 0.29) is 18.1 Å². The van der Waals surface area contributed by atoms with Crippen LogP contribution in [0, 0.1) is 0 Å². The fourth-order valence-corrected chi connectivity index (χ4v) is 3.63. The van der Waals surface area contributed by atoms with Gasteiger partial charge in [-0.05, 0) is 29.5 Å². The van der Waals surface area contributed by atoms with E-state index in [0.29, 0.717) is 12.1 Å². The molecule has 0 bridgehead atoms. The highest BCUT2D eigenvalue weighted by Crippen LogP contribution is 2.36. The zero-order valence-corrected chi connectivity index (χ0v) is 13.7. The molecule has 2 atom stereocenters. The Bertz CT molecular complexity index is 785. The third-order valence-electron chi connectivity index (χ3n) is 4.98. The lowest BCUT2D eigenvalue weighted by atomic mass is 10.0. The highest BCUT2D eigenvalue weighted by atomic mass is 16.6. The van der Waals surface area contributed by atoms with E-state index in [0.717, 1.165) is 18.4 Å². The fourth-order valence-electron chi connectivity index (χ4n) is 3.63. The van der Waals surface area contributed by atoms with Gasteiger partial charge in [-0.1, -0.05) is 59.8 Å². The first-order valence-corrected chi connectivity index (χ1v) is 8.36. The molecule has 2 aliphatic rings. The summed E-state index contributed by atoms with van der Waals surface area (Å²) in [6, 6.07) is 18.4. The summed E-state index contributed by atoms with van der Waals surface area (Å²) < 4.78 is 0. The van der Waals surface area contributed by atoms with Gasteiger partial charge in [-0.2, -0.15) is 0 Å². The molecular weight excluding hydrogens is 300 g/mol. The van der Waals surface area contributed by atoms with Crippen molar-refractivity contribution in [2.24, 2.45) is 5.16 Å². The van der Waals surface area contributed by atoms with Gasteiger partial charge in [0.05, 0.1) is 6.04 Å². The first kappa shape index (κ1) is 14.9. The Hall–Kier alpha value is -2.62. The van der Waals surface area contributed by atoms with Crippen molar-refractivity contribution < 1.29 is 9.63 Å². The zero-order chi connectivity index (χ0) is 16.5. The number of oxime groups is 1. The molecule has 4 heteroatoms. The second kappa shape index (κ2) is 6.11. The lowest BCUT2D eigenvalue weighted by molar-refractivity contribution is -0.125. The fraction of sp³-hybridized carbons (Fsp3) is 0.300. The molecule has 1 aliphatic carbocycles. The van der Waals surface area contributed by atoms with Gasteiger partial charge in [-0.15, -0.1) is 0 Å². The molecule has 0 spiro atoms. The van der Waals surface area contributed by atoms with Crippen molar-refractivity contribution >= 4 is 11.6 Å². The predicted molar refractivity (Wildman–Crippen MR) is 92.6 cm³/mol. The molecular formula is C20H20N2O2. The van der Waals surface area contributed by atoms with E-state index in [4.69, 9.17) is 4.84 Å². The Labute approximate surface area is 141 Å². The molecule has 2 aromatic rings. The molecule has 0 N–H and O–H groups in total. The van der Waals surface area contributed by atoms with Gasteiger partial charge in [-0.3, -0.25) is 4.79 Å². The third kappa shape index (κ3) is 2.58. The quantitative estimate of drug-likeness (QED) is 0.866. The minimum Gasteiger partial charge on any atom is -0.387 e. The van der Waals surface area contributed by atoms with Gasteiger partial charge >= 0.3 is 0 Å². The molecule has 0 radical (unpaired) electrons. The van der Waals surface area contributed by atoms with Gasteiger partial charge in [-0.25, -0.2) is 0 Å². The molecule has 4 nitrogen and oxygen atoms in total. The van der Waals surface area contributed by atoms with Crippen molar-refractivity contribution in [3.8, 4) is 0 Å². The van der Waals surface area contributed by atoms with Gasteiger partial charge in [0, 0.05) is 13.5 Å². The minimum absolute atomic E-state index is 0.0323. The van der Waals surface area contributed by atoms with Crippen LogP contribution in [0.2, 0.25) is 0 Å². The van der Waals surface area contributed by atoms with Crippen LogP contribution in [-0.4, -0.2) is 23.6 Å². The number of carbonyl (C=O) groups is 1. The molecule has 0 unspecified atom stereocenters. The molecule has 0 saturated carbocycles. The minimum atomic E-state index is -0.158. The highest BCUT2D eigenvalue weighted by Gasteiger charge is 2.34. The predicted octanol–water partition coefficient (Wildman–Crippen LogP) is 3.65. The van der Waals surface area contributed by atoms with Gasteiger partial charge in [0.1, 0.15) is 5.71 Å². The normalized spacial score (nSPS) is 21.8. The van der Waals surface area contributed by atoms with Crippen LogP contribution < -0.4 is 0 Å². The number of fused-ring (bicyclic) bond motifs is 1. The van der Waals surface area contributed by atoms with Crippen LogP contribution in [0.3, 0.4) is 0 Å². The lowest BCUT2D eigenvalue weighted by Crippen LogP contribution is -2.35. The van der Waals surface area contributed by atoms with E-state index in [1.807, 2.05) is 48.3 Å². The molecule has 24 heavy (non-hydrogen) atoms. The maximum atomic E-state index is 12.8. The van der Waals surface area contributed by atoms with E-state index in [1.165, 1.54) is 11.1 Å². The number of aryl methyl sites for hydroxylation is 1. The van der Waals surface area contributed by atoms with Gasteiger partial charge < -0.3 is 9.74 Å². The number of rotatable bonds is 3. The summed E-state index contributed by atoms with van der Waals surface area (Å²) in [5.41, 5.74) is 4.16. The van der Waals surface area contributed by atoms with Crippen LogP contribution in [-0.2, 0) is 16.1 Å². The molecule has 0 aromatic heterocycles. The third-order valence-corrected chi connectivity index (χ3v) is 4.98. The first-order chi connectivity index (χ1) is 11.7. The summed E-state index contributed by atoms with van der Waals surface area (Å²) in [6.45, 7) is 0. The van der Waals surface area contributed by atoms with E-state index in [1.54, 1.807) is 0 Å². The van der Waals surface area contributed by atoms with Crippen molar-refractivity contribution in [2.75, 3.05) is 7.05 Å². The SMILES string of the molecule is CN(C(=O)C1=NO[C@H](c2ccccc2)C1)[C@@H]1CCc2ccccc21. The Morgan fingerprint density at radius 3 is 2.71 bits per heavy atom. The van der Waals surface area contributed by atoms with Crippen molar-refractivity contribution in [1.82, 2.24) is 4.90 Å². The van der Waals surface area contributed by atoms with Crippen molar-refractivity contribution in [3.05, 3.63) is 71.3 Å². The summed E-state index contributed by atoms with van der Waals surface area (Å²) in [5.74, 6) is -0.0323. The standard InChI is InChI=1S/C20H20N2O2/c1-22(18-12-11-14-7-5-6-10-16(14)18)20(23)17-13-19(24-21-17)15-8-3-2-4-9-15/h2-10,18-19H,11-13H2,1H3/t18-,19+/m1/s1. The number of benzene rings is 2. The summed E-state index contributed by atoms with van der Waals surface area (Å²) in [4.78, 5) is 20.2. The smallest absolute Gasteiger partial charge is 0.272 e. The maximum Gasteiger partial charge on any atom is 0.272 e. The highest BCUT2D eigenvalue weighted by molar-refractivity contribution is 6.39. The largest absolute Gasteiger partial charge is 0.387 e. The molecule has 4 rings (SSSR count). The maximum absolute atomic E-state index is 12.8. The monoisotopic (exact) mass is 320 g/mol. The summed E-state index contributed by atoms with van der Waals surface area (Å²) in [7, 11) is 1.87. The van der Waals surface area contributed by atoms with E-state index in [2.05, 4.69) is 23.4 Å². The van der Waals surface area contributed by atoms with E-state index < -0.39 is 0 Å². The molecule has 0 saturated heterocycles. The molecule has 1 aliphatic heterocycles. The van der Waals surface area contributed by atoms with Crippen LogP contribution in [0.4, 0.5) is 0 Å². The number of hydrogen-bond acceptors (Lipinski definition) is 3. The van der Waals surface area contributed by atoms with Crippen LogP contribution in [0.25, 0.3) is 0 Å². The molecule has 2 aromatic carbocycles. The van der Waals surface area contributed by atoms with Crippen LogP contribution in [0.5, 0.6) is 0 Å². The van der Waals surface area contributed by atoms with E-state index in [9.17, 15) is 4.79 Å². The average Bonchev–Trinajstić information content (AvgIpc) is 3.28. The van der Waals surface area contributed by atoms with Crippen molar-refractivity contribution in [2.45, 2.75) is 31.4 Å². The van der Waals surface area contributed by atoms with Crippen LogP contribution >= 0.6 is 0 Å². The number of nitrogens with zero attached hydrogens (tertiary/aromatic N) is 2. The Morgan fingerprint density at radius 2 is 1.88 bits per heavy atom. The Morgan fingerprint density at radius 1 is 1.12 bits per heavy atom. The van der Waals surface area contributed by atoms with Gasteiger partial charge in [0.2, 0.25) is 0 Å². The zero-order valence-electron chi connectivity index (χ0n) is 13.7. The van der Waals surface area contributed by atoms with E-state index >= 15 is 0 Å². The number of hydrogen-bond donors (Lipinski definition) is 0. The molecule has 122 valence electrons. The molecule has 0 fully saturated rings. The molecule has 1 heterocycles.